The van der Waals surface area contributed by atoms with Crippen LogP contribution in [0.15, 0.2) is 79.1 Å². The fourth-order valence-corrected chi connectivity index (χ4v) is 3.65. The maximum absolute atomic E-state index is 12.8. The van der Waals surface area contributed by atoms with E-state index in [0.29, 0.717) is 53.1 Å². The number of nitrogens with one attached hydrogen (secondary N) is 2. The van der Waals surface area contributed by atoms with E-state index in [4.69, 9.17) is 14.2 Å². The zero-order chi connectivity index (χ0) is 25.6. The van der Waals surface area contributed by atoms with Crippen LogP contribution in [0.4, 0.5) is 11.4 Å². The van der Waals surface area contributed by atoms with E-state index in [0.717, 1.165) is 11.3 Å². The third kappa shape index (κ3) is 5.84. The molecule has 0 atom stereocenters. The average Bonchev–Trinajstić information content (AvgIpc) is 2.94. The second-order valence-corrected chi connectivity index (χ2v) is 8.29. The molecule has 9 heteroatoms. The van der Waals surface area contributed by atoms with Crippen LogP contribution < -0.4 is 24.8 Å². The predicted molar refractivity (Wildman–Crippen MR) is 137 cm³/mol. The van der Waals surface area contributed by atoms with Crippen molar-refractivity contribution in [2.75, 3.05) is 23.8 Å². The number of carbonyl (C=O) groups excluding carboxylic acids is 2. The number of aromatic nitrogens is 2. The van der Waals surface area contributed by atoms with Crippen molar-refractivity contribution in [3.05, 3.63) is 102 Å². The number of aryl methyl sites for hydroxylation is 1. The van der Waals surface area contributed by atoms with Crippen LogP contribution >= 0.6 is 0 Å². The largest absolute Gasteiger partial charge is 0.486 e. The molecule has 1 aliphatic heterocycles. The zero-order valence-electron chi connectivity index (χ0n) is 20.1. The smallest absolute Gasteiger partial charge is 0.257 e. The molecule has 0 unspecified atom stereocenters. The molecule has 0 saturated carbocycles. The molecule has 5 rings (SSSR count). The molecule has 2 amide bonds. The Kier molecular flexibility index (Phi) is 6.93. The quantitative estimate of drug-likeness (QED) is 0.383. The van der Waals surface area contributed by atoms with Gasteiger partial charge >= 0.3 is 0 Å². The molecule has 0 saturated heterocycles. The Morgan fingerprint density at radius 2 is 1.68 bits per heavy atom. The summed E-state index contributed by atoms with van der Waals surface area (Å²) < 4.78 is 16.7. The molecule has 3 heterocycles. The predicted octanol–water partition coefficient (Wildman–Crippen LogP) is 4.64. The molecule has 37 heavy (non-hydrogen) atoms. The lowest BCUT2D eigenvalue weighted by molar-refractivity contribution is 0.101. The van der Waals surface area contributed by atoms with Gasteiger partial charge in [0.15, 0.2) is 11.5 Å². The van der Waals surface area contributed by atoms with Crippen molar-refractivity contribution in [3.63, 3.8) is 0 Å². The summed E-state index contributed by atoms with van der Waals surface area (Å²) >= 11 is 0. The van der Waals surface area contributed by atoms with Crippen LogP contribution in [0, 0.1) is 6.92 Å². The van der Waals surface area contributed by atoms with Crippen LogP contribution in [0.5, 0.6) is 17.4 Å². The second kappa shape index (κ2) is 10.8. The Labute approximate surface area is 213 Å². The zero-order valence-corrected chi connectivity index (χ0v) is 20.1. The van der Waals surface area contributed by atoms with Gasteiger partial charge in [-0.15, -0.1) is 0 Å². The number of nitrogens with zero attached hydrogens (tertiary/aromatic N) is 2. The number of amides is 2. The molecular formula is C28H24N4O5. The van der Waals surface area contributed by atoms with Crippen molar-refractivity contribution >= 4 is 23.2 Å². The van der Waals surface area contributed by atoms with Gasteiger partial charge in [0, 0.05) is 35.4 Å². The molecule has 186 valence electrons. The molecule has 4 aromatic rings. The minimum atomic E-state index is -0.331. The van der Waals surface area contributed by atoms with E-state index < -0.39 is 0 Å². The number of hydrogen-bond acceptors (Lipinski definition) is 7. The highest BCUT2D eigenvalue weighted by Crippen LogP contribution is 2.31. The van der Waals surface area contributed by atoms with Crippen LogP contribution in [0.25, 0.3) is 0 Å². The van der Waals surface area contributed by atoms with Crippen LogP contribution in [0.1, 0.15) is 32.0 Å². The van der Waals surface area contributed by atoms with Gasteiger partial charge in [-0.1, -0.05) is 12.1 Å². The molecule has 2 aromatic heterocycles. The highest BCUT2D eigenvalue weighted by Gasteiger charge is 2.16. The number of carbonyl (C=O) groups is 2. The van der Waals surface area contributed by atoms with Gasteiger partial charge in [-0.05, 0) is 61.0 Å². The highest BCUT2D eigenvalue weighted by atomic mass is 16.6. The lowest BCUT2D eigenvalue weighted by Crippen LogP contribution is -2.17. The summed E-state index contributed by atoms with van der Waals surface area (Å²) in [6.45, 7) is 3.07. The van der Waals surface area contributed by atoms with Crippen molar-refractivity contribution in [2.45, 2.75) is 13.5 Å². The fraction of sp³-hybridized carbons (Fsp3) is 0.143. The number of hydrogen-bond donors (Lipinski definition) is 2. The maximum Gasteiger partial charge on any atom is 0.257 e. The molecular weight excluding hydrogens is 472 g/mol. The summed E-state index contributed by atoms with van der Waals surface area (Å²) in [6, 6.07) is 19.2. The van der Waals surface area contributed by atoms with E-state index in [-0.39, 0.29) is 18.4 Å². The van der Waals surface area contributed by atoms with Gasteiger partial charge < -0.3 is 24.8 Å². The Morgan fingerprint density at radius 3 is 2.46 bits per heavy atom. The molecule has 0 bridgehead atoms. The molecule has 2 aromatic carbocycles. The fourth-order valence-electron chi connectivity index (χ4n) is 3.65. The Morgan fingerprint density at radius 1 is 0.865 bits per heavy atom. The topological polar surface area (TPSA) is 112 Å². The first-order valence-electron chi connectivity index (χ1n) is 11.7. The van der Waals surface area contributed by atoms with Crippen LogP contribution in [-0.2, 0) is 6.61 Å². The van der Waals surface area contributed by atoms with E-state index in [1.165, 1.54) is 6.20 Å². The van der Waals surface area contributed by atoms with Gasteiger partial charge in [-0.2, -0.15) is 0 Å². The summed E-state index contributed by atoms with van der Waals surface area (Å²) in [5.74, 6) is 0.913. The average molecular weight is 497 g/mol. The number of rotatable bonds is 7. The molecule has 0 spiro atoms. The molecule has 9 nitrogen and oxygen atoms in total. The standard InChI is InChI=1S/C28H24N4O5/c1-18-5-8-21(31-27(33)19-6-9-24-25(14-19)36-13-12-35-24)15-23(18)32-28(34)20-7-10-26(30-16-20)37-17-22-4-2-3-11-29-22/h2-11,14-16H,12-13,17H2,1H3,(H,31,33)(H,32,34). The molecule has 0 aliphatic carbocycles. The lowest BCUT2D eigenvalue weighted by Gasteiger charge is -2.18. The van der Waals surface area contributed by atoms with Crippen molar-refractivity contribution in [1.29, 1.82) is 0 Å². The Balaban J connectivity index is 1.22. The molecule has 0 radical (unpaired) electrons. The summed E-state index contributed by atoms with van der Waals surface area (Å²) in [7, 11) is 0. The third-order valence-electron chi connectivity index (χ3n) is 5.64. The van der Waals surface area contributed by atoms with Crippen LogP contribution in [0.2, 0.25) is 0 Å². The lowest BCUT2D eigenvalue weighted by atomic mass is 10.1. The van der Waals surface area contributed by atoms with E-state index in [9.17, 15) is 9.59 Å². The first kappa shape index (κ1) is 23.8. The van der Waals surface area contributed by atoms with Gasteiger partial charge in [-0.3, -0.25) is 14.6 Å². The van der Waals surface area contributed by atoms with Gasteiger partial charge in [0.25, 0.3) is 11.8 Å². The molecule has 1 aliphatic rings. The highest BCUT2D eigenvalue weighted by molar-refractivity contribution is 6.07. The number of benzene rings is 2. The third-order valence-corrected chi connectivity index (χ3v) is 5.64. The number of ether oxygens (including phenoxy) is 3. The van der Waals surface area contributed by atoms with Gasteiger partial charge in [0.2, 0.25) is 5.88 Å². The van der Waals surface area contributed by atoms with Crippen LogP contribution in [-0.4, -0.2) is 35.0 Å². The summed E-state index contributed by atoms with van der Waals surface area (Å²) in [4.78, 5) is 34.0. The minimum Gasteiger partial charge on any atom is -0.486 e. The summed E-state index contributed by atoms with van der Waals surface area (Å²) in [5.41, 5.74) is 3.54. The summed E-state index contributed by atoms with van der Waals surface area (Å²) in [6.07, 6.45) is 3.15. The SMILES string of the molecule is Cc1ccc(NC(=O)c2ccc3c(c2)OCCO3)cc1NC(=O)c1ccc(OCc2ccccn2)nc1. The number of fused-ring (bicyclic) bond motifs is 1. The van der Waals surface area contributed by atoms with E-state index in [1.54, 1.807) is 48.7 Å². The monoisotopic (exact) mass is 496 g/mol. The van der Waals surface area contributed by atoms with E-state index in [2.05, 4.69) is 20.6 Å². The number of pyridine rings is 2. The number of anilines is 2. The summed E-state index contributed by atoms with van der Waals surface area (Å²) in [5, 5.41) is 5.74. The minimum absolute atomic E-state index is 0.281. The van der Waals surface area contributed by atoms with Crippen molar-refractivity contribution in [1.82, 2.24) is 9.97 Å². The van der Waals surface area contributed by atoms with Gasteiger partial charge in [-0.25, -0.2) is 4.98 Å². The first-order chi connectivity index (χ1) is 18.0. The van der Waals surface area contributed by atoms with E-state index in [1.807, 2.05) is 31.2 Å². The van der Waals surface area contributed by atoms with Crippen molar-refractivity contribution in [3.8, 4) is 17.4 Å². The van der Waals surface area contributed by atoms with Crippen molar-refractivity contribution in [2.24, 2.45) is 0 Å². The van der Waals surface area contributed by atoms with Crippen molar-refractivity contribution < 1.29 is 23.8 Å². The molecule has 0 fully saturated rings. The Hall–Kier alpha value is -4.92. The molecule has 2 N–H and O–H groups in total. The van der Waals surface area contributed by atoms with Crippen LogP contribution in [0.3, 0.4) is 0 Å². The van der Waals surface area contributed by atoms with Gasteiger partial charge in [0.1, 0.15) is 19.8 Å². The first-order valence-corrected chi connectivity index (χ1v) is 11.7. The maximum atomic E-state index is 12.8. The normalized spacial score (nSPS) is 11.9. The second-order valence-electron chi connectivity index (χ2n) is 8.29. The van der Waals surface area contributed by atoms with Gasteiger partial charge in [0.05, 0.1) is 11.3 Å². The van der Waals surface area contributed by atoms with E-state index >= 15 is 0 Å². The Bertz CT molecular complexity index is 1420.